The lowest BCUT2D eigenvalue weighted by Gasteiger charge is -2.27. The molecule has 2 fully saturated rings. The molecule has 2 amide bonds. The molecule has 7 heteroatoms. The number of nitrogens with zero attached hydrogens (tertiary/aromatic N) is 4. The number of nitrogens with one attached hydrogen (secondary N) is 2. The van der Waals surface area contributed by atoms with Crippen molar-refractivity contribution < 1.29 is 4.79 Å². The fourth-order valence-electron chi connectivity index (χ4n) is 4.22. The number of fused-ring (bicyclic) bond motifs is 2. The number of rotatable bonds is 2. The van der Waals surface area contributed by atoms with E-state index in [2.05, 4.69) is 32.2 Å². The number of H-pyrrole nitrogens is 1. The maximum Gasteiger partial charge on any atom is 0.317 e. The topological polar surface area (TPSA) is 77.2 Å². The van der Waals surface area contributed by atoms with Gasteiger partial charge in [0.1, 0.15) is 17.8 Å². The average Bonchev–Trinajstić information content (AvgIpc) is 3.26. The maximum absolute atomic E-state index is 11.8. The monoisotopic (exact) mass is 314 g/mol. The molecule has 4 rings (SSSR count). The number of urea groups is 1. The number of likely N-dealkylation sites (tertiary alicyclic amines) is 1. The molecule has 3 heterocycles. The Morgan fingerprint density at radius 3 is 2.78 bits per heavy atom. The third-order valence-corrected chi connectivity index (χ3v) is 5.44. The third kappa shape index (κ3) is 2.31. The van der Waals surface area contributed by atoms with E-state index in [9.17, 15) is 4.79 Å². The minimum Gasteiger partial charge on any atom is -0.356 e. The molecule has 2 aromatic rings. The minimum atomic E-state index is 0.0501. The molecule has 1 aliphatic carbocycles. The van der Waals surface area contributed by atoms with Crippen LogP contribution >= 0.6 is 0 Å². The first kappa shape index (κ1) is 14.3. The highest BCUT2D eigenvalue weighted by Gasteiger charge is 2.43. The summed E-state index contributed by atoms with van der Waals surface area (Å²) in [5.41, 5.74) is 0.880. The molecule has 0 spiro atoms. The second-order valence-electron chi connectivity index (χ2n) is 6.65. The van der Waals surface area contributed by atoms with Gasteiger partial charge in [0.2, 0.25) is 0 Å². The van der Waals surface area contributed by atoms with Crippen LogP contribution in [0.1, 0.15) is 12.8 Å². The average molecular weight is 314 g/mol. The van der Waals surface area contributed by atoms with E-state index in [0.29, 0.717) is 17.9 Å². The SMILES string of the molecule is CNC(=O)N1C[C@H]2CC(N(C)c3ncnc4[nH]ccc34)C[C@H]2C1. The van der Waals surface area contributed by atoms with Gasteiger partial charge in [-0.2, -0.15) is 0 Å². The van der Waals surface area contributed by atoms with Crippen molar-refractivity contribution in [1.82, 2.24) is 25.2 Å². The number of carbonyl (C=O) groups is 1. The Kier molecular flexibility index (Phi) is 3.36. The summed E-state index contributed by atoms with van der Waals surface area (Å²) < 4.78 is 0. The van der Waals surface area contributed by atoms with Gasteiger partial charge < -0.3 is 20.1 Å². The van der Waals surface area contributed by atoms with Crippen LogP contribution in [-0.4, -0.2) is 59.1 Å². The molecule has 2 N–H and O–H groups in total. The van der Waals surface area contributed by atoms with Crippen molar-refractivity contribution in [3.8, 4) is 0 Å². The van der Waals surface area contributed by atoms with Crippen molar-refractivity contribution >= 4 is 22.9 Å². The number of anilines is 1. The fourth-order valence-corrected chi connectivity index (χ4v) is 4.22. The van der Waals surface area contributed by atoms with Gasteiger partial charge in [-0.3, -0.25) is 0 Å². The first-order valence-corrected chi connectivity index (χ1v) is 8.15. The van der Waals surface area contributed by atoms with E-state index >= 15 is 0 Å². The molecule has 0 aromatic carbocycles. The standard InChI is InChI=1S/C16H22N6O/c1-17-16(23)22-7-10-5-12(6-11(10)8-22)21(2)15-13-3-4-18-14(13)19-9-20-15/h3-4,9-12H,5-8H2,1-2H3,(H,17,23)(H,18,19,20)/t10-,11+,12?. The molecule has 0 bridgehead atoms. The lowest BCUT2D eigenvalue weighted by molar-refractivity contribution is 0.207. The first-order valence-electron chi connectivity index (χ1n) is 8.15. The smallest absolute Gasteiger partial charge is 0.317 e. The van der Waals surface area contributed by atoms with Gasteiger partial charge in [0, 0.05) is 39.4 Å². The maximum atomic E-state index is 11.8. The molecular weight excluding hydrogens is 292 g/mol. The van der Waals surface area contributed by atoms with E-state index in [4.69, 9.17) is 0 Å². The van der Waals surface area contributed by atoms with Crippen molar-refractivity contribution in [2.24, 2.45) is 11.8 Å². The van der Waals surface area contributed by atoms with Gasteiger partial charge >= 0.3 is 6.03 Å². The summed E-state index contributed by atoms with van der Waals surface area (Å²) in [7, 11) is 3.82. The van der Waals surface area contributed by atoms with Crippen LogP contribution in [-0.2, 0) is 0 Å². The molecule has 122 valence electrons. The molecule has 2 aromatic heterocycles. The van der Waals surface area contributed by atoms with E-state index in [-0.39, 0.29) is 6.03 Å². The number of carbonyl (C=O) groups excluding carboxylic acids is 1. The van der Waals surface area contributed by atoms with Crippen molar-refractivity contribution in [1.29, 1.82) is 0 Å². The van der Waals surface area contributed by atoms with Crippen LogP contribution < -0.4 is 10.2 Å². The van der Waals surface area contributed by atoms with Gasteiger partial charge in [-0.1, -0.05) is 0 Å². The lowest BCUT2D eigenvalue weighted by atomic mass is 10.0. The highest BCUT2D eigenvalue weighted by atomic mass is 16.2. The Bertz CT molecular complexity index is 714. The van der Waals surface area contributed by atoms with Crippen LogP contribution in [0.5, 0.6) is 0 Å². The van der Waals surface area contributed by atoms with Gasteiger partial charge in [-0.05, 0) is 30.7 Å². The second kappa shape index (κ2) is 5.40. The Hall–Kier alpha value is -2.31. The molecular formula is C16H22N6O. The van der Waals surface area contributed by atoms with Gasteiger partial charge in [0.05, 0.1) is 5.39 Å². The zero-order valence-corrected chi connectivity index (χ0v) is 13.5. The molecule has 1 saturated heterocycles. The normalized spacial score (nSPS) is 26.5. The highest BCUT2D eigenvalue weighted by molar-refractivity contribution is 5.87. The van der Waals surface area contributed by atoms with Gasteiger partial charge in [-0.15, -0.1) is 0 Å². The van der Waals surface area contributed by atoms with Crippen LogP contribution in [0, 0.1) is 11.8 Å². The highest BCUT2D eigenvalue weighted by Crippen LogP contribution is 2.41. The summed E-state index contributed by atoms with van der Waals surface area (Å²) in [6.45, 7) is 1.75. The minimum absolute atomic E-state index is 0.0501. The molecule has 1 aliphatic heterocycles. The Labute approximate surface area is 135 Å². The van der Waals surface area contributed by atoms with Crippen LogP contribution in [0.4, 0.5) is 10.6 Å². The zero-order valence-electron chi connectivity index (χ0n) is 13.5. The number of aromatic amines is 1. The van der Waals surface area contributed by atoms with Crippen molar-refractivity contribution in [2.45, 2.75) is 18.9 Å². The Morgan fingerprint density at radius 1 is 1.35 bits per heavy atom. The van der Waals surface area contributed by atoms with Gasteiger partial charge in [0.15, 0.2) is 0 Å². The second-order valence-corrected chi connectivity index (χ2v) is 6.65. The third-order valence-electron chi connectivity index (χ3n) is 5.44. The van der Waals surface area contributed by atoms with Crippen LogP contribution in [0.15, 0.2) is 18.6 Å². The number of hydrogen-bond acceptors (Lipinski definition) is 4. The van der Waals surface area contributed by atoms with E-state index in [0.717, 1.165) is 42.8 Å². The Balaban J connectivity index is 1.49. The summed E-state index contributed by atoms with van der Waals surface area (Å²) in [5, 5.41) is 3.80. The summed E-state index contributed by atoms with van der Waals surface area (Å²) in [6, 6.07) is 2.56. The summed E-state index contributed by atoms with van der Waals surface area (Å²) in [4.78, 5) is 27.9. The quantitative estimate of drug-likeness (QED) is 0.879. The van der Waals surface area contributed by atoms with E-state index < -0.39 is 0 Å². The summed E-state index contributed by atoms with van der Waals surface area (Å²) in [5.74, 6) is 2.19. The van der Waals surface area contributed by atoms with Crippen molar-refractivity contribution in [2.75, 3.05) is 32.1 Å². The summed E-state index contributed by atoms with van der Waals surface area (Å²) in [6.07, 6.45) is 5.75. The first-order chi connectivity index (χ1) is 11.2. The van der Waals surface area contributed by atoms with E-state index in [1.807, 2.05) is 17.2 Å². The molecule has 1 saturated carbocycles. The summed E-state index contributed by atoms with van der Waals surface area (Å²) >= 11 is 0. The lowest BCUT2D eigenvalue weighted by Crippen LogP contribution is -2.38. The van der Waals surface area contributed by atoms with Gasteiger partial charge in [-0.25, -0.2) is 14.8 Å². The van der Waals surface area contributed by atoms with Crippen molar-refractivity contribution in [3.05, 3.63) is 18.6 Å². The van der Waals surface area contributed by atoms with Crippen LogP contribution in [0.3, 0.4) is 0 Å². The molecule has 1 unspecified atom stereocenters. The number of amides is 2. The predicted octanol–water partition coefficient (Wildman–Crippen LogP) is 1.44. The predicted molar refractivity (Wildman–Crippen MR) is 88.3 cm³/mol. The number of aromatic nitrogens is 3. The molecule has 23 heavy (non-hydrogen) atoms. The molecule has 2 aliphatic rings. The van der Waals surface area contributed by atoms with Crippen LogP contribution in [0.25, 0.3) is 11.0 Å². The molecule has 0 radical (unpaired) electrons. The fraction of sp³-hybridized carbons (Fsp3) is 0.562. The van der Waals surface area contributed by atoms with E-state index in [1.54, 1.807) is 13.4 Å². The largest absolute Gasteiger partial charge is 0.356 e. The zero-order chi connectivity index (χ0) is 16.0. The van der Waals surface area contributed by atoms with Crippen LogP contribution in [0.2, 0.25) is 0 Å². The Morgan fingerprint density at radius 2 is 2.09 bits per heavy atom. The molecule has 7 nitrogen and oxygen atoms in total. The van der Waals surface area contributed by atoms with Crippen molar-refractivity contribution in [3.63, 3.8) is 0 Å². The molecule has 3 atom stereocenters. The van der Waals surface area contributed by atoms with Gasteiger partial charge in [0.25, 0.3) is 0 Å². The van der Waals surface area contributed by atoms with E-state index in [1.165, 1.54) is 0 Å². The number of hydrogen-bond donors (Lipinski definition) is 2.